The maximum Gasteiger partial charge on any atom is 0.311 e. The normalized spacial score (nSPS) is 16.0. The van der Waals surface area contributed by atoms with Crippen LogP contribution in [-0.2, 0) is 14.6 Å². The number of carbonyl (C=O) groups excluding carboxylic acids is 1. The fourth-order valence-electron chi connectivity index (χ4n) is 2.27. The number of carbonyl (C=O) groups is 2. The van der Waals surface area contributed by atoms with E-state index in [1.165, 1.54) is 12.1 Å². The van der Waals surface area contributed by atoms with E-state index in [0.29, 0.717) is 19.3 Å². The van der Waals surface area contributed by atoms with Crippen LogP contribution in [0.5, 0.6) is 0 Å². The molecule has 2 N–H and O–H groups in total. The summed E-state index contributed by atoms with van der Waals surface area (Å²) in [5, 5.41) is 11.6. The molecular weight excluding hydrogens is 306 g/mol. The molecule has 120 valence electrons. The first-order valence-corrected chi connectivity index (χ1v) is 8.81. The Balaban J connectivity index is 2.19. The second-order valence-electron chi connectivity index (χ2n) is 5.58. The van der Waals surface area contributed by atoms with Gasteiger partial charge in [-0.2, -0.15) is 0 Å². The highest BCUT2D eigenvalue weighted by molar-refractivity contribution is 7.91. The molecule has 0 heterocycles. The van der Waals surface area contributed by atoms with E-state index in [1.807, 2.05) is 0 Å². The van der Waals surface area contributed by atoms with E-state index in [-0.39, 0.29) is 22.8 Å². The Morgan fingerprint density at radius 3 is 2.45 bits per heavy atom. The summed E-state index contributed by atoms with van der Waals surface area (Å²) >= 11 is 0. The van der Waals surface area contributed by atoms with E-state index in [0.717, 1.165) is 0 Å². The average molecular weight is 325 g/mol. The summed E-state index contributed by atoms with van der Waals surface area (Å²) in [6, 6.07) is 6.01. The standard InChI is InChI=1S/C15H19NO5S/c1-2-9-22(20,21)12-6-4-3-5-11(12)13(17)16-10-15(7-8-15)14(18)19/h3-6H,2,7-10H2,1H3,(H,16,17)(H,18,19). The molecule has 0 saturated heterocycles. The first-order chi connectivity index (χ1) is 10.3. The lowest BCUT2D eigenvalue weighted by molar-refractivity contribution is -0.143. The molecule has 1 aromatic carbocycles. The lowest BCUT2D eigenvalue weighted by Gasteiger charge is -2.13. The second-order valence-corrected chi connectivity index (χ2v) is 7.66. The SMILES string of the molecule is CCCS(=O)(=O)c1ccccc1C(=O)NCC1(C(=O)O)CC1. The van der Waals surface area contributed by atoms with E-state index < -0.39 is 27.1 Å². The largest absolute Gasteiger partial charge is 0.481 e. The molecule has 1 fully saturated rings. The number of benzene rings is 1. The molecule has 0 unspecified atom stereocenters. The van der Waals surface area contributed by atoms with Gasteiger partial charge in [-0.25, -0.2) is 8.42 Å². The lowest BCUT2D eigenvalue weighted by Crippen LogP contribution is -2.34. The molecule has 1 amide bonds. The molecule has 1 aliphatic carbocycles. The van der Waals surface area contributed by atoms with Crippen molar-refractivity contribution in [3.8, 4) is 0 Å². The number of amides is 1. The molecule has 0 spiro atoms. The van der Waals surface area contributed by atoms with Gasteiger partial charge in [0.1, 0.15) is 0 Å². The van der Waals surface area contributed by atoms with Crippen LogP contribution in [0, 0.1) is 5.41 Å². The van der Waals surface area contributed by atoms with E-state index >= 15 is 0 Å². The minimum absolute atomic E-state index is 0.00507. The predicted molar refractivity (Wildman–Crippen MR) is 80.4 cm³/mol. The van der Waals surface area contributed by atoms with Gasteiger partial charge < -0.3 is 10.4 Å². The van der Waals surface area contributed by atoms with Crippen molar-refractivity contribution < 1.29 is 23.1 Å². The first kappa shape index (κ1) is 16.5. The van der Waals surface area contributed by atoms with Crippen LogP contribution < -0.4 is 5.32 Å². The molecule has 0 aromatic heterocycles. The number of carboxylic acids is 1. The van der Waals surface area contributed by atoms with Gasteiger partial charge in [-0.1, -0.05) is 19.1 Å². The summed E-state index contributed by atoms with van der Waals surface area (Å²) in [7, 11) is -3.52. The van der Waals surface area contributed by atoms with Gasteiger partial charge in [0.05, 0.1) is 21.6 Å². The first-order valence-electron chi connectivity index (χ1n) is 7.16. The van der Waals surface area contributed by atoms with Gasteiger partial charge in [0.2, 0.25) is 0 Å². The van der Waals surface area contributed by atoms with Gasteiger partial charge in [0.25, 0.3) is 5.91 Å². The quantitative estimate of drug-likeness (QED) is 0.790. The molecule has 22 heavy (non-hydrogen) atoms. The van der Waals surface area contributed by atoms with Crippen molar-refractivity contribution in [1.82, 2.24) is 5.32 Å². The molecule has 1 aliphatic rings. The molecule has 1 saturated carbocycles. The van der Waals surface area contributed by atoms with Gasteiger partial charge in [-0.3, -0.25) is 9.59 Å². The Morgan fingerprint density at radius 1 is 1.27 bits per heavy atom. The number of sulfone groups is 1. The molecule has 6 nitrogen and oxygen atoms in total. The van der Waals surface area contributed by atoms with Crippen molar-refractivity contribution in [3.63, 3.8) is 0 Å². The van der Waals surface area contributed by atoms with Crippen LogP contribution in [0.4, 0.5) is 0 Å². The number of aliphatic carboxylic acids is 1. The second kappa shape index (κ2) is 6.08. The maximum atomic E-state index is 12.2. The summed E-state index contributed by atoms with van der Waals surface area (Å²) in [5.41, 5.74) is -0.815. The number of carboxylic acid groups (broad SMARTS) is 1. The van der Waals surface area contributed by atoms with Crippen LogP contribution in [0.3, 0.4) is 0 Å². The van der Waals surface area contributed by atoms with Gasteiger partial charge >= 0.3 is 5.97 Å². The summed E-state index contributed by atoms with van der Waals surface area (Å²) in [5.74, 6) is -1.52. The van der Waals surface area contributed by atoms with E-state index in [9.17, 15) is 18.0 Å². The predicted octanol–water partition coefficient (Wildman–Crippen LogP) is 1.46. The van der Waals surface area contributed by atoms with Crippen molar-refractivity contribution in [3.05, 3.63) is 29.8 Å². The molecule has 0 aliphatic heterocycles. The summed E-state index contributed by atoms with van der Waals surface area (Å²) in [6.45, 7) is 1.77. The van der Waals surface area contributed by atoms with Gasteiger partial charge in [-0.15, -0.1) is 0 Å². The Bertz CT molecular complexity index is 692. The zero-order valence-corrected chi connectivity index (χ0v) is 13.1. The number of rotatable bonds is 7. The highest BCUT2D eigenvalue weighted by Gasteiger charge is 2.50. The average Bonchev–Trinajstić information content (AvgIpc) is 3.26. The van der Waals surface area contributed by atoms with Crippen molar-refractivity contribution in [2.45, 2.75) is 31.1 Å². The molecule has 1 aromatic rings. The van der Waals surface area contributed by atoms with E-state index in [2.05, 4.69) is 5.32 Å². The number of hydrogen-bond acceptors (Lipinski definition) is 4. The molecule has 0 bridgehead atoms. The van der Waals surface area contributed by atoms with Gasteiger partial charge in [0.15, 0.2) is 9.84 Å². The minimum atomic E-state index is -3.52. The smallest absolute Gasteiger partial charge is 0.311 e. The molecule has 7 heteroatoms. The molecule has 0 atom stereocenters. The minimum Gasteiger partial charge on any atom is -0.481 e. The van der Waals surface area contributed by atoms with Crippen LogP contribution in [0.15, 0.2) is 29.2 Å². The molecular formula is C15H19NO5S. The number of nitrogens with one attached hydrogen (secondary N) is 1. The lowest BCUT2D eigenvalue weighted by atomic mass is 10.1. The zero-order valence-electron chi connectivity index (χ0n) is 12.3. The maximum absolute atomic E-state index is 12.2. The fraction of sp³-hybridized carbons (Fsp3) is 0.467. The van der Waals surface area contributed by atoms with Crippen LogP contribution in [-0.4, -0.2) is 37.7 Å². The summed E-state index contributed by atoms with van der Waals surface area (Å²) in [4.78, 5) is 23.3. The summed E-state index contributed by atoms with van der Waals surface area (Å²) < 4.78 is 24.4. The monoisotopic (exact) mass is 325 g/mol. The van der Waals surface area contributed by atoms with Crippen molar-refractivity contribution in [2.24, 2.45) is 5.41 Å². The van der Waals surface area contributed by atoms with E-state index in [4.69, 9.17) is 5.11 Å². The topological polar surface area (TPSA) is 101 Å². The Labute approximate surface area is 129 Å². The highest BCUT2D eigenvalue weighted by Crippen LogP contribution is 2.45. The van der Waals surface area contributed by atoms with Crippen molar-refractivity contribution in [2.75, 3.05) is 12.3 Å². The third-order valence-corrected chi connectivity index (χ3v) is 5.81. The third-order valence-electron chi connectivity index (χ3n) is 3.83. The van der Waals surface area contributed by atoms with Crippen molar-refractivity contribution >= 4 is 21.7 Å². The molecule has 2 rings (SSSR count). The third kappa shape index (κ3) is 3.30. The van der Waals surface area contributed by atoms with Gasteiger partial charge in [-0.05, 0) is 31.4 Å². The van der Waals surface area contributed by atoms with Crippen LogP contribution in [0.1, 0.15) is 36.5 Å². The molecule has 0 radical (unpaired) electrons. The fourth-order valence-corrected chi connectivity index (χ4v) is 3.81. The van der Waals surface area contributed by atoms with Crippen LogP contribution in [0.25, 0.3) is 0 Å². The van der Waals surface area contributed by atoms with Crippen molar-refractivity contribution in [1.29, 1.82) is 0 Å². The highest BCUT2D eigenvalue weighted by atomic mass is 32.2. The summed E-state index contributed by atoms with van der Waals surface area (Å²) in [6.07, 6.45) is 1.51. The van der Waals surface area contributed by atoms with E-state index in [1.54, 1.807) is 19.1 Å². The van der Waals surface area contributed by atoms with Crippen LogP contribution in [0.2, 0.25) is 0 Å². The zero-order chi connectivity index (χ0) is 16.4. The van der Waals surface area contributed by atoms with Gasteiger partial charge in [0, 0.05) is 6.54 Å². The van der Waals surface area contributed by atoms with Crippen LogP contribution >= 0.6 is 0 Å². The number of hydrogen-bond donors (Lipinski definition) is 2. The Hall–Kier alpha value is -1.89. The Morgan fingerprint density at radius 2 is 1.91 bits per heavy atom. The Kier molecular flexibility index (Phi) is 4.55.